The summed E-state index contributed by atoms with van der Waals surface area (Å²) in [6.07, 6.45) is 0. The molecule has 102 valence electrons. The summed E-state index contributed by atoms with van der Waals surface area (Å²) in [4.78, 5) is 19.9. The molecular formula is C16H8BrClN2O. The smallest absolute Gasteiger partial charge is 0.255 e. The van der Waals surface area contributed by atoms with Crippen LogP contribution in [0.4, 0.5) is 0 Å². The molecule has 0 bridgehead atoms. The molecule has 21 heavy (non-hydrogen) atoms. The monoisotopic (exact) mass is 358 g/mol. The van der Waals surface area contributed by atoms with Crippen molar-refractivity contribution in [2.45, 2.75) is 0 Å². The third kappa shape index (κ3) is 1.87. The van der Waals surface area contributed by atoms with Gasteiger partial charge in [-0.2, -0.15) is 0 Å². The van der Waals surface area contributed by atoms with Gasteiger partial charge in [-0.15, -0.1) is 0 Å². The van der Waals surface area contributed by atoms with Crippen molar-refractivity contribution in [3.8, 4) is 0 Å². The van der Waals surface area contributed by atoms with Gasteiger partial charge in [-0.25, -0.2) is 4.98 Å². The number of pyridine rings is 1. The van der Waals surface area contributed by atoms with Crippen LogP contribution in [0.15, 0.2) is 46.9 Å². The van der Waals surface area contributed by atoms with Crippen molar-refractivity contribution >= 4 is 65.6 Å². The molecule has 0 aliphatic carbocycles. The van der Waals surface area contributed by atoms with E-state index in [4.69, 9.17) is 11.6 Å². The minimum Gasteiger partial charge on any atom is -0.353 e. The predicted octanol–water partition coefficient (Wildman–Crippen LogP) is 5.01. The maximum Gasteiger partial charge on any atom is 0.255 e. The van der Waals surface area contributed by atoms with E-state index in [2.05, 4.69) is 25.9 Å². The summed E-state index contributed by atoms with van der Waals surface area (Å²) >= 11 is 9.26. The van der Waals surface area contributed by atoms with Crippen LogP contribution in [0.3, 0.4) is 0 Å². The van der Waals surface area contributed by atoms with E-state index in [9.17, 15) is 4.79 Å². The number of hydrogen-bond acceptors (Lipinski definition) is 2. The molecule has 1 N–H and O–H groups in total. The van der Waals surface area contributed by atoms with Gasteiger partial charge >= 0.3 is 0 Å². The zero-order valence-corrected chi connectivity index (χ0v) is 13.0. The summed E-state index contributed by atoms with van der Waals surface area (Å²) in [5, 5.41) is 1.23. The molecule has 0 amide bonds. The molecule has 2 aromatic heterocycles. The van der Waals surface area contributed by atoms with Crippen molar-refractivity contribution < 1.29 is 4.79 Å². The lowest BCUT2D eigenvalue weighted by molar-refractivity contribution is 0.108. The third-order valence-corrected chi connectivity index (χ3v) is 4.27. The zero-order chi connectivity index (χ0) is 14.6. The molecule has 0 atom stereocenters. The summed E-state index contributed by atoms with van der Waals surface area (Å²) in [7, 11) is 0. The van der Waals surface area contributed by atoms with Gasteiger partial charge in [0, 0.05) is 20.8 Å². The van der Waals surface area contributed by atoms with Crippen molar-refractivity contribution in [1.29, 1.82) is 0 Å². The Morgan fingerprint density at radius 3 is 2.76 bits per heavy atom. The van der Waals surface area contributed by atoms with E-state index in [1.807, 2.05) is 42.5 Å². The largest absolute Gasteiger partial charge is 0.353 e. The number of nitrogens with zero attached hydrogens (tertiary/aromatic N) is 1. The van der Waals surface area contributed by atoms with E-state index >= 15 is 0 Å². The van der Waals surface area contributed by atoms with Gasteiger partial charge < -0.3 is 4.98 Å². The zero-order valence-electron chi connectivity index (χ0n) is 10.7. The Balaban J connectivity index is 2.32. The highest BCUT2D eigenvalue weighted by Crippen LogP contribution is 2.32. The highest BCUT2D eigenvalue weighted by Gasteiger charge is 2.18. The number of aromatic nitrogens is 2. The first-order valence-corrected chi connectivity index (χ1v) is 7.52. The second kappa shape index (κ2) is 4.55. The molecule has 0 aliphatic rings. The third-order valence-electron chi connectivity index (χ3n) is 3.59. The van der Waals surface area contributed by atoms with Crippen LogP contribution in [0.25, 0.3) is 32.8 Å². The van der Waals surface area contributed by atoms with Gasteiger partial charge in [0.05, 0.1) is 22.1 Å². The summed E-state index contributed by atoms with van der Waals surface area (Å²) < 4.78 is 0.881. The molecule has 3 nitrogen and oxygen atoms in total. The van der Waals surface area contributed by atoms with Crippen LogP contribution in [0, 0.1) is 0 Å². The quantitative estimate of drug-likeness (QED) is 0.486. The average Bonchev–Trinajstić information content (AvgIpc) is 2.82. The molecular weight excluding hydrogens is 352 g/mol. The van der Waals surface area contributed by atoms with E-state index in [1.54, 1.807) is 0 Å². The first-order chi connectivity index (χ1) is 10.1. The van der Waals surface area contributed by atoms with E-state index < -0.39 is 5.24 Å². The van der Waals surface area contributed by atoms with Crippen LogP contribution < -0.4 is 0 Å². The SMILES string of the molecule is O=C(Cl)c1c2cc(Br)ccc2nc2c1[nH]c1ccccc12. The number of rotatable bonds is 1. The Labute approximate surface area is 133 Å². The lowest BCUT2D eigenvalue weighted by Crippen LogP contribution is -1.95. The van der Waals surface area contributed by atoms with E-state index in [1.165, 1.54) is 0 Å². The number of H-pyrrole nitrogens is 1. The normalized spacial score (nSPS) is 11.5. The van der Waals surface area contributed by atoms with E-state index in [0.717, 1.165) is 31.8 Å². The van der Waals surface area contributed by atoms with Crippen molar-refractivity contribution in [1.82, 2.24) is 9.97 Å². The number of carbonyl (C=O) groups excluding carboxylic acids is 1. The molecule has 0 fully saturated rings. The minimum absolute atomic E-state index is 0.467. The van der Waals surface area contributed by atoms with Crippen molar-refractivity contribution in [3.63, 3.8) is 0 Å². The first kappa shape index (κ1) is 12.8. The predicted molar refractivity (Wildman–Crippen MR) is 89.0 cm³/mol. The van der Waals surface area contributed by atoms with Gasteiger partial charge in [0.25, 0.3) is 5.24 Å². The topological polar surface area (TPSA) is 45.8 Å². The Morgan fingerprint density at radius 1 is 1.14 bits per heavy atom. The van der Waals surface area contributed by atoms with Crippen molar-refractivity contribution in [2.24, 2.45) is 0 Å². The van der Waals surface area contributed by atoms with Gasteiger partial charge in [-0.1, -0.05) is 34.1 Å². The number of nitrogens with one attached hydrogen (secondary N) is 1. The fourth-order valence-corrected chi connectivity index (χ4v) is 3.25. The minimum atomic E-state index is -0.489. The average molecular weight is 360 g/mol. The van der Waals surface area contributed by atoms with Crippen LogP contribution in [-0.2, 0) is 0 Å². The highest BCUT2D eigenvalue weighted by atomic mass is 79.9. The van der Waals surface area contributed by atoms with Crippen LogP contribution >= 0.6 is 27.5 Å². The molecule has 5 heteroatoms. The van der Waals surface area contributed by atoms with Crippen LogP contribution in [-0.4, -0.2) is 15.2 Å². The Morgan fingerprint density at radius 2 is 1.95 bits per heavy atom. The highest BCUT2D eigenvalue weighted by molar-refractivity contribution is 9.10. The number of hydrogen-bond donors (Lipinski definition) is 1. The number of para-hydroxylation sites is 1. The van der Waals surface area contributed by atoms with Gasteiger partial charge in [0.1, 0.15) is 0 Å². The van der Waals surface area contributed by atoms with E-state index in [-0.39, 0.29) is 0 Å². The van der Waals surface area contributed by atoms with Gasteiger partial charge in [0.2, 0.25) is 0 Å². The molecule has 4 rings (SSSR count). The van der Waals surface area contributed by atoms with Gasteiger partial charge in [-0.3, -0.25) is 4.79 Å². The Hall–Kier alpha value is -1.91. The standard InChI is InChI=1S/C16H8BrClN2O/c17-8-5-6-12-10(7-8)13(16(18)21)15-14(19-12)9-3-1-2-4-11(9)20-15/h1-7,20H. The molecule has 0 saturated carbocycles. The number of halogens is 2. The molecule has 4 aromatic rings. The number of fused-ring (bicyclic) bond motifs is 4. The van der Waals surface area contributed by atoms with Crippen LogP contribution in [0.2, 0.25) is 0 Å². The number of benzene rings is 2. The van der Waals surface area contributed by atoms with Gasteiger partial charge in [0.15, 0.2) is 0 Å². The summed E-state index contributed by atoms with van der Waals surface area (Å²) in [5.74, 6) is 0. The van der Waals surface area contributed by atoms with E-state index in [0.29, 0.717) is 11.1 Å². The Kier molecular flexibility index (Phi) is 2.77. The number of carbonyl (C=O) groups is 1. The lowest BCUT2D eigenvalue weighted by atomic mass is 10.1. The summed E-state index contributed by atoms with van der Waals surface area (Å²) in [6.45, 7) is 0. The second-order valence-electron chi connectivity index (χ2n) is 4.82. The lowest BCUT2D eigenvalue weighted by Gasteiger charge is -2.05. The molecule has 0 saturated heterocycles. The molecule has 2 heterocycles. The second-order valence-corrected chi connectivity index (χ2v) is 6.08. The summed E-state index contributed by atoms with van der Waals surface area (Å²) in [5.41, 5.74) is 3.60. The van der Waals surface area contributed by atoms with Crippen LogP contribution in [0.1, 0.15) is 10.4 Å². The molecule has 0 unspecified atom stereocenters. The Bertz CT molecular complexity index is 1040. The molecule has 2 aromatic carbocycles. The maximum absolute atomic E-state index is 12.0. The van der Waals surface area contributed by atoms with Crippen molar-refractivity contribution in [3.05, 3.63) is 52.5 Å². The fraction of sp³-hybridized carbons (Fsp3) is 0. The fourth-order valence-electron chi connectivity index (χ4n) is 2.69. The maximum atomic E-state index is 12.0. The summed E-state index contributed by atoms with van der Waals surface area (Å²) in [6, 6.07) is 13.5. The van der Waals surface area contributed by atoms with Crippen molar-refractivity contribution in [2.75, 3.05) is 0 Å². The molecule has 0 spiro atoms. The molecule has 0 radical (unpaired) electrons. The molecule has 0 aliphatic heterocycles. The number of aromatic amines is 1. The van der Waals surface area contributed by atoms with Crippen LogP contribution in [0.5, 0.6) is 0 Å². The first-order valence-electron chi connectivity index (χ1n) is 6.34. The van der Waals surface area contributed by atoms with Gasteiger partial charge in [-0.05, 0) is 35.9 Å².